The highest BCUT2D eigenvalue weighted by atomic mass is 19.1. The monoisotopic (exact) mass is 457 g/mol. The largest absolute Gasteiger partial charge is 0.352 e. The molecule has 1 aromatic carbocycles. The highest BCUT2D eigenvalue weighted by molar-refractivity contribution is 5.78. The summed E-state index contributed by atoms with van der Waals surface area (Å²) in [6.45, 7) is 0.301. The van der Waals surface area contributed by atoms with Gasteiger partial charge in [-0.1, -0.05) is 0 Å². The van der Waals surface area contributed by atoms with Crippen LogP contribution in [0.4, 0.5) is 23.9 Å². The second-order valence-corrected chi connectivity index (χ2v) is 7.06. The Bertz CT molecular complexity index is 1240. The van der Waals surface area contributed by atoms with Crippen LogP contribution in [0, 0.1) is 17.5 Å². The zero-order valence-corrected chi connectivity index (χ0v) is 17.1. The number of H-pyrrole nitrogens is 1. The molecule has 0 unspecified atom stereocenters. The molecule has 4 rings (SSSR count). The first-order valence-corrected chi connectivity index (χ1v) is 9.92. The molecule has 0 radical (unpaired) electrons. The number of hydrogen-bond donors (Lipinski definition) is 3. The Morgan fingerprint density at radius 3 is 2.73 bits per heavy atom. The van der Waals surface area contributed by atoms with Gasteiger partial charge in [0.05, 0.1) is 17.8 Å². The van der Waals surface area contributed by atoms with Gasteiger partial charge in [-0.3, -0.25) is 4.79 Å². The number of carbonyl (C=O) groups excluding carboxylic acids is 1. The van der Waals surface area contributed by atoms with Crippen molar-refractivity contribution in [3.8, 4) is 11.3 Å². The zero-order chi connectivity index (χ0) is 23.4. The molecule has 2 amide bonds. The van der Waals surface area contributed by atoms with Crippen molar-refractivity contribution >= 4 is 18.2 Å². The molecule has 1 atom stereocenters. The predicted octanol–water partition coefficient (Wildman–Crippen LogP) is 2.80. The molecule has 9 nitrogen and oxygen atoms in total. The maximum Gasteiger partial charge on any atom is 0.338 e. The second kappa shape index (κ2) is 9.51. The van der Waals surface area contributed by atoms with Crippen molar-refractivity contribution in [2.75, 3.05) is 18.4 Å². The molecule has 2 aromatic heterocycles. The van der Waals surface area contributed by atoms with Gasteiger partial charge in [0.1, 0.15) is 17.3 Å². The Morgan fingerprint density at radius 2 is 1.97 bits per heavy atom. The van der Waals surface area contributed by atoms with Gasteiger partial charge < -0.3 is 15.6 Å². The molecule has 12 heteroatoms. The summed E-state index contributed by atoms with van der Waals surface area (Å²) >= 11 is 0. The van der Waals surface area contributed by atoms with Crippen LogP contribution in [-0.2, 0) is 0 Å². The molecule has 3 N–H and O–H groups in total. The van der Waals surface area contributed by atoms with E-state index < -0.39 is 35.1 Å². The summed E-state index contributed by atoms with van der Waals surface area (Å²) in [6.07, 6.45) is 4.17. The van der Waals surface area contributed by atoms with Crippen LogP contribution < -0.4 is 16.2 Å². The van der Waals surface area contributed by atoms with Crippen LogP contribution in [0.15, 0.2) is 52.6 Å². The molecule has 1 aliphatic heterocycles. The van der Waals surface area contributed by atoms with Crippen LogP contribution in [0.25, 0.3) is 11.3 Å². The maximum atomic E-state index is 14.1. The van der Waals surface area contributed by atoms with Crippen molar-refractivity contribution in [3.63, 3.8) is 0 Å². The van der Waals surface area contributed by atoms with Crippen molar-refractivity contribution in [2.45, 2.75) is 12.5 Å². The number of carbonyl (C=O) groups is 1. The van der Waals surface area contributed by atoms with E-state index in [1.165, 1.54) is 18.5 Å². The lowest BCUT2D eigenvalue weighted by Crippen LogP contribution is -2.39. The Hall–Kier alpha value is -4.22. The van der Waals surface area contributed by atoms with Crippen molar-refractivity contribution in [1.29, 1.82) is 0 Å². The van der Waals surface area contributed by atoms with E-state index in [1.54, 1.807) is 6.07 Å². The summed E-state index contributed by atoms with van der Waals surface area (Å²) < 4.78 is 41.2. The van der Waals surface area contributed by atoms with E-state index in [-0.39, 0.29) is 30.3 Å². The Morgan fingerprint density at radius 1 is 1.18 bits per heavy atom. The lowest BCUT2D eigenvalue weighted by atomic mass is 10.0. The predicted molar refractivity (Wildman–Crippen MR) is 114 cm³/mol. The van der Waals surface area contributed by atoms with E-state index >= 15 is 0 Å². The lowest BCUT2D eigenvalue weighted by Gasteiger charge is -2.22. The Balaban J connectivity index is 1.35. The Labute approximate surface area is 185 Å². The number of hydrazone groups is 1. The van der Waals surface area contributed by atoms with Gasteiger partial charge >= 0.3 is 6.03 Å². The summed E-state index contributed by atoms with van der Waals surface area (Å²) in [7, 11) is 0. The molecule has 33 heavy (non-hydrogen) atoms. The van der Waals surface area contributed by atoms with Crippen molar-refractivity contribution < 1.29 is 18.0 Å². The topological polar surface area (TPSA) is 115 Å². The number of anilines is 1. The third-order valence-electron chi connectivity index (χ3n) is 4.81. The lowest BCUT2D eigenvalue weighted by molar-refractivity contribution is 0.186. The van der Waals surface area contributed by atoms with E-state index in [2.05, 4.69) is 30.7 Å². The van der Waals surface area contributed by atoms with Crippen molar-refractivity contribution in [2.24, 2.45) is 5.10 Å². The number of halogens is 3. The summed E-state index contributed by atoms with van der Waals surface area (Å²) in [6, 6.07) is 4.87. The molecule has 3 aromatic rings. The Kier molecular flexibility index (Phi) is 6.33. The van der Waals surface area contributed by atoms with Crippen LogP contribution in [0.2, 0.25) is 0 Å². The van der Waals surface area contributed by atoms with Crippen molar-refractivity contribution in [3.05, 3.63) is 76.1 Å². The number of aromatic amines is 1. The van der Waals surface area contributed by atoms with Crippen LogP contribution >= 0.6 is 0 Å². The van der Waals surface area contributed by atoms with Gasteiger partial charge in [0, 0.05) is 38.0 Å². The SMILES string of the molecule is O=C(NCCNc1ncc(F)c(-c2ccc[nH]c2=O)n1)N1N=CC[C@H]1c1cc(F)cc(F)c1. The quantitative estimate of drug-likeness (QED) is 0.493. The normalized spacial score (nSPS) is 15.0. The fraction of sp³-hybridized carbons (Fsp3) is 0.190. The van der Waals surface area contributed by atoms with Crippen LogP contribution in [-0.4, -0.2) is 45.3 Å². The standard InChI is InChI=1S/C21H18F3N7O2/c22-13-8-12(9-14(23)10-13)17-3-5-29-31(17)21(33)27-7-6-26-20-28-11-16(24)18(30-20)15-2-1-4-25-19(15)32/h1-2,4-5,8-11,17H,3,6-7H2,(H,25,32)(H,27,33)(H,26,28,30)/t17-/m0/s1. The summed E-state index contributed by atoms with van der Waals surface area (Å²) in [4.78, 5) is 34.7. The fourth-order valence-corrected chi connectivity index (χ4v) is 3.33. The van der Waals surface area contributed by atoms with E-state index in [1.807, 2.05) is 0 Å². The smallest absolute Gasteiger partial charge is 0.338 e. The molecule has 1 aliphatic rings. The number of benzene rings is 1. The highest BCUT2D eigenvalue weighted by Gasteiger charge is 2.28. The van der Waals surface area contributed by atoms with Gasteiger partial charge in [-0.15, -0.1) is 0 Å². The zero-order valence-electron chi connectivity index (χ0n) is 17.1. The van der Waals surface area contributed by atoms with Gasteiger partial charge in [0.15, 0.2) is 5.82 Å². The van der Waals surface area contributed by atoms with Crippen LogP contribution in [0.5, 0.6) is 0 Å². The molecule has 0 bridgehead atoms. The van der Waals surface area contributed by atoms with Gasteiger partial charge in [-0.2, -0.15) is 5.10 Å². The average molecular weight is 457 g/mol. The van der Waals surface area contributed by atoms with E-state index in [0.717, 1.165) is 29.4 Å². The van der Waals surface area contributed by atoms with Gasteiger partial charge in [0.25, 0.3) is 5.56 Å². The molecule has 0 aliphatic carbocycles. The fourth-order valence-electron chi connectivity index (χ4n) is 3.33. The molecule has 0 saturated carbocycles. The first-order chi connectivity index (χ1) is 15.9. The van der Waals surface area contributed by atoms with E-state index in [0.29, 0.717) is 12.0 Å². The van der Waals surface area contributed by atoms with Crippen molar-refractivity contribution in [1.82, 2.24) is 25.3 Å². The number of amides is 2. The first kappa shape index (κ1) is 22.0. The maximum absolute atomic E-state index is 14.1. The number of aromatic nitrogens is 3. The average Bonchev–Trinajstić information content (AvgIpc) is 3.28. The number of hydrogen-bond acceptors (Lipinski definition) is 6. The number of nitrogens with one attached hydrogen (secondary N) is 3. The second-order valence-electron chi connectivity index (χ2n) is 7.06. The van der Waals surface area contributed by atoms with E-state index in [4.69, 9.17) is 0 Å². The number of nitrogens with zero attached hydrogens (tertiary/aromatic N) is 4. The van der Waals surface area contributed by atoms with Gasteiger partial charge in [0.2, 0.25) is 5.95 Å². The van der Waals surface area contributed by atoms with Crippen LogP contribution in [0.1, 0.15) is 18.0 Å². The molecule has 0 spiro atoms. The molecular formula is C21H18F3N7O2. The third-order valence-corrected chi connectivity index (χ3v) is 4.81. The molecule has 0 fully saturated rings. The summed E-state index contributed by atoms with van der Waals surface area (Å²) in [5.41, 5.74) is -0.302. The minimum atomic E-state index is -0.753. The van der Waals surface area contributed by atoms with Gasteiger partial charge in [-0.25, -0.2) is 32.9 Å². The van der Waals surface area contributed by atoms with E-state index in [9.17, 15) is 22.8 Å². The van der Waals surface area contributed by atoms with Gasteiger partial charge in [-0.05, 0) is 29.8 Å². The number of pyridine rings is 1. The minimum Gasteiger partial charge on any atom is -0.352 e. The summed E-state index contributed by atoms with van der Waals surface area (Å²) in [5, 5.41) is 10.6. The first-order valence-electron chi connectivity index (χ1n) is 9.92. The molecule has 0 saturated heterocycles. The molecular weight excluding hydrogens is 439 g/mol. The molecule has 170 valence electrons. The third kappa shape index (κ3) is 5.00. The number of rotatable bonds is 6. The highest BCUT2D eigenvalue weighted by Crippen LogP contribution is 2.29. The number of urea groups is 1. The molecule has 3 heterocycles. The summed E-state index contributed by atoms with van der Waals surface area (Å²) in [5.74, 6) is -2.16. The minimum absolute atomic E-state index is 0.0560. The van der Waals surface area contributed by atoms with Crippen LogP contribution in [0.3, 0.4) is 0 Å².